The van der Waals surface area contributed by atoms with Gasteiger partial charge in [0.15, 0.2) is 0 Å². The van der Waals surface area contributed by atoms with Gasteiger partial charge in [-0.1, -0.05) is 49.0 Å². The molecule has 0 aliphatic carbocycles. The summed E-state index contributed by atoms with van der Waals surface area (Å²) in [6, 6.07) is 5.39. The smallest absolute Gasteiger partial charge is 0.124 e. The molecule has 1 atom stereocenters. The van der Waals surface area contributed by atoms with Crippen LogP contribution in [0.15, 0.2) is 22.7 Å². The van der Waals surface area contributed by atoms with Gasteiger partial charge in [-0.3, -0.25) is 0 Å². The van der Waals surface area contributed by atoms with Crippen molar-refractivity contribution in [1.29, 1.82) is 0 Å². The first-order valence-electron chi connectivity index (χ1n) is 6.36. The summed E-state index contributed by atoms with van der Waals surface area (Å²) in [5.41, 5.74) is 1.04. The molecule has 1 rings (SSSR count). The number of halogens is 2. The molecule has 1 aromatic carbocycles. The molecule has 1 unspecified atom stereocenters. The Hall–Kier alpha value is -0.410. The average Bonchev–Trinajstić information content (AvgIpc) is 2.27. The number of benzene rings is 1. The quantitative estimate of drug-likeness (QED) is 0.712. The predicted octanol–water partition coefficient (Wildman–Crippen LogP) is 4.82. The molecule has 0 bridgehead atoms. The Morgan fingerprint density at radius 1 is 1.24 bits per heavy atom. The highest BCUT2D eigenvalue weighted by Crippen LogP contribution is 2.24. The molecule has 0 saturated carbocycles. The molecule has 3 heteroatoms. The molecule has 0 radical (unpaired) electrons. The van der Waals surface area contributed by atoms with Gasteiger partial charge in [0.1, 0.15) is 5.82 Å². The molecule has 0 aromatic heterocycles. The van der Waals surface area contributed by atoms with E-state index in [0.29, 0.717) is 0 Å². The van der Waals surface area contributed by atoms with Crippen molar-refractivity contribution in [3.8, 4) is 0 Å². The molecule has 17 heavy (non-hydrogen) atoms. The van der Waals surface area contributed by atoms with Crippen LogP contribution in [0.5, 0.6) is 0 Å². The van der Waals surface area contributed by atoms with E-state index in [9.17, 15) is 4.39 Å². The van der Waals surface area contributed by atoms with Gasteiger partial charge < -0.3 is 5.32 Å². The van der Waals surface area contributed by atoms with Gasteiger partial charge in [-0.05, 0) is 36.7 Å². The number of hydrogen-bond donors (Lipinski definition) is 1. The lowest BCUT2D eigenvalue weighted by molar-refractivity contribution is 0.483. The van der Waals surface area contributed by atoms with E-state index < -0.39 is 0 Å². The van der Waals surface area contributed by atoms with Gasteiger partial charge in [-0.15, -0.1) is 0 Å². The van der Waals surface area contributed by atoms with Gasteiger partial charge in [-0.25, -0.2) is 4.39 Å². The van der Waals surface area contributed by atoms with Crippen LogP contribution in [0.4, 0.5) is 4.39 Å². The Bertz CT molecular complexity index is 321. The van der Waals surface area contributed by atoms with Crippen LogP contribution in [0.25, 0.3) is 0 Å². The first-order valence-corrected chi connectivity index (χ1v) is 7.16. The van der Waals surface area contributed by atoms with E-state index in [-0.39, 0.29) is 11.9 Å². The zero-order valence-electron chi connectivity index (χ0n) is 10.6. The first kappa shape index (κ1) is 14.7. The van der Waals surface area contributed by atoms with Gasteiger partial charge in [0.25, 0.3) is 0 Å². The maximum absolute atomic E-state index is 13.4. The normalized spacial score (nSPS) is 12.7. The Morgan fingerprint density at radius 3 is 2.59 bits per heavy atom. The molecule has 0 saturated heterocycles. The molecule has 0 aliphatic rings. The first-order chi connectivity index (χ1) is 8.17. The summed E-state index contributed by atoms with van der Waals surface area (Å²) in [4.78, 5) is 0. The van der Waals surface area contributed by atoms with Crippen molar-refractivity contribution in [2.45, 2.75) is 45.6 Å². The van der Waals surface area contributed by atoms with Crippen LogP contribution in [0.3, 0.4) is 0 Å². The topological polar surface area (TPSA) is 12.0 Å². The zero-order valence-corrected chi connectivity index (χ0v) is 12.2. The third-order valence-corrected chi connectivity index (χ3v) is 3.29. The maximum atomic E-state index is 13.4. The minimum Gasteiger partial charge on any atom is -0.310 e. The van der Waals surface area contributed by atoms with Gasteiger partial charge in [0.2, 0.25) is 0 Å². The second kappa shape index (κ2) is 7.83. The summed E-state index contributed by atoms with van der Waals surface area (Å²) in [5, 5.41) is 3.42. The minimum atomic E-state index is -0.173. The monoisotopic (exact) mass is 301 g/mol. The van der Waals surface area contributed by atoms with Gasteiger partial charge >= 0.3 is 0 Å². The molecular weight excluding hydrogens is 281 g/mol. The molecule has 0 spiro atoms. The maximum Gasteiger partial charge on any atom is 0.124 e. The molecule has 1 N–H and O–H groups in total. The fourth-order valence-corrected chi connectivity index (χ4v) is 2.49. The Kier molecular flexibility index (Phi) is 6.75. The van der Waals surface area contributed by atoms with Crippen LogP contribution in [0.2, 0.25) is 0 Å². The van der Waals surface area contributed by atoms with Crippen molar-refractivity contribution in [1.82, 2.24) is 5.32 Å². The molecule has 0 aliphatic heterocycles. The SMILES string of the molecule is CCCCCC(NCC)c1cc(F)cc(Br)c1. The van der Waals surface area contributed by atoms with Crippen LogP contribution < -0.4 is 5.32 Å². The third kappa shape index (κ3) is 5.17. The van der Waals surface area contributed by atoms with E-state index in [1.807, 2.05) is 6.07 Å². The lowest BCUT2D eigenvalue weighted by Crippen LogP contribution is -2.21. The predicted molar refractivity (Wildman–Crippen MR) is 74.7 cm³/mol. The van der Waals surface area contributed by atoms with E-state index in [4.69, 9.17) is 0 Å². The third-order valence-electron chi connectivity index (χ3n) is 2.83. The molecule has 1 nitrogen and oxygen atoms in total. The van der Waals surface area contributed by atoms with Crippen molar-refractivity contribution in [2.24, 2.45) is 0 Å². The number of hydrogen-bond acceptors (Lipinski definition) is 1. The summed E-state index contributed by atoms with van der Waals surface area (Å²) in [7, 11) is 0. The fourth-order valence-electron chi connectivity index (χ4n) is 2.01. The molecule has 0 amide bonds. The Morgan fingerprint density at radius 2 is 2.00 bits per heavy atom. The summed E-state index contributed by atoms with van der Waals surface area (Å²) in [6.07, 6.45) is 4.70. The van der Waals surface area contributed by atoms with E-state index in [2.05, 4.69) is 35.1 Å². The van der Waals surface area contributed by atoms with Gasteiger partial charge in [0.05, 0.1) is 0 Å². The van der Waals surface area contributed by atoms with Crippen molar-refractivity contribution in [3.05, 3.63) is 34.1 Å². The highest BCUT2D eigenvalue weighted by Gasteiger charge is 2.11. The van der Waals surface area contributed by atoms with Crippen LogP contribution in [-0.4, -0.2) is 6.54 Å². The molecular formula is C14H21BrFN. The van der Waals surface area contributed by atoms with Crippen molar-refractivity contribution in [3.63, 3.8) is 0 Å². The van der Waals surface area contributed by atoms with Crippen molar-refractivity contribution < 1.29 is 4.39 Å². The second-order valence-corrected chi connectivity index (χ2v) is 5.22. The van der Waals surface area contributed by atoms with Crippen LogP contribution >= 0.6 is 15.9 Å². The van der Waals surface area contributed by atoms with Crippen molar-refractivity contribution in [2.75, 3.05) is 6.54 Å². The highest BCUT2D eigenvalue weighted by atomic mass is 79.9. The molecule has 0 heterocycles. The summed E-state index contributed by atoms with van der Waals surface area (Å²) in [6.45, 7) is 5.19. The van der Waals surface area contributed by atoms with Crippen molar-refractivity contribution >= 4 is 15.9 Å². The number of unbranched alkanes of at least 4 members (excludes halogenated alkanes) is 2. The molecule has 96 valence electrons. The summed E-state index contributed by atoms with van der Waals surface area (Å²) < 4.78 is 14.2. The average molecular weight is 302 g/mol. The standard InChI is InChI=1S/C14H21BrFN/c1-3-5-6-7-14(17-4-2)11-8-12(15)10-13(16)9-11/h8-10,14,17H,3-7H2,1-2H3. The zero-order chi connectivity index (χ0) is 12.7. The van der Waals surface area contributed by atoms with Gasteiger partial charge in [0, 0.05) is 10.5 Å². The lowest BCUT2D eigenvalue weighted by atomic mass is 10.0. The number of rotatable bonds is 7. The highest BCUT2D eigenvalue weighted by molar-refractivity contribution is 9.10. The fraction of sp³-hybridized carbons (Fsp3) is 0.571. The van der Waals surface area contributed by atoms with Crippen LogP contribution in [-0.2, 0) is 0 Å². The lowest BCUT2D eigenvalue weighted by Gasteiger charge is -2.18. The van der Waals surface area contributed by atoms with E-state index in [1.54, 1.807) is 6.07 Å². The Balaban J connectivity index is 2.73. The minimum absolute atomic E-state index is 0.173. The summed E-state index contributed by atoms with van der Waals surface area (Å²) in [5.74, 6) is -0.173. The van der Waals surface area contributed by atoms with E-state index in [1.165, 1.54) is 25.3 Å². The van der Waals surface area contributed by atoms with Crippen LogP contribution in [0, 0.1) is 5.82 Å². The largest absolute Gasteiger partial charge is 0.310 e. The summed E-state index contributed by atoms with van der Waals surface area (Å²) >= 11 is 3.35. The van der Waals surface area contributed by atoms with Gasteiger partial charge in [-0.2, -0.15) is 0 Å². The Labute approximate surface area is 112 Å². The van der Waals surface area contributed by atoms with E-state index in [0.717, 1.165) is 23.0 Å². The van der Waals surface area contributed by atoms with Crippen LogP contribution in [0.1, 0.15) is 51.1 Å². The molecule has 0 fully saturated rings. The molecule has 1 aromatic rings. The number of nitrogens with one attached hydrogen (secondary N) is 1. The van der Waals surface area contributed by atoms with E-state index >= 15 is 0 Å². The second-order valence-electron chi connectivity index (χ2n) is 4.31.